The van der Waals surface area contributed by atoms with Gasteiger partial charge in [0, 0.05) is 18.4 Å². The average molecular weight is 291 g/mol. The largest absolute Gasteiger partial charge is 0.481 e. The number of aliphatic carboxylic acids is 1. The molecule has 0 aliphatic rings. The molecule has 0 aliphatic carbocycles. The Morgan fingerprint density at radius 3 is 2.29 bits per heavy atom. The number of hydrogen-bond donors (Lipinski definition) is 2. The van der Waals surface area contributed by atoms with Crippen LogP contribution in [0.25, 0.3) is 0 Å². The van der Waals surface area contributed by atoms with Crippen molar-refractivity contribution >= 4 is 11.9 Å². The van der Waals surface area contributed by atoms with Gasteiger partial charge in [-0.05, 0) is 24.3 Å². The van der Waals surface area contributed by atoms with Gasteiger partial charge in [-0.25, -0.2) is 0 Å². The Balaban J connectivity index is 2.68. The molecule has 0 bridgehead atoms. The van der Waals surface area contributed by atoms with Gasteiger partial charge in [0.25, 0.3) is 0 Å². The van der Waals surface area contributed by atoms with E-state index in [-0.39, 0.29) is 30.2 Å². The van der Waals surface area contributed by atoms with Crippen LogP contribution < -0.4 is 5.32 Å². The van der Waals surface area contributed by atoms with Crippen molar-refractivity contribution in [3.05, 3.63) is 35.9 Å². The molecule has 2 atom stereocenters. The molecule has 0 spiro atoms. The summed E-state index contributed by atoms with van der Waals surface area (Å²) in [7, 11) is 0. The zero-order valence-electron chi connectivity index (χ0n) is 13.0. The maximum Gasteiger partial charge on any atom is 0.303 e. The van der Waals surface area contributed by atoms with Crippen molar-refractivity contribution in [2.75, 3.05) is 0 Å². The summed E-state index contributed by atoms with van der Waals surface area (Å²) >= 11 is 0. The van der Waals surface area contributed by atoms with E-state index in [0.717, 1.165) is 5.56 Å². The number of carboxylic acid groups (broad SMARTS) is 1. The number of carbonyl (C=O) groups excluding carboxylic acids is 1. The maximum atomic E-state index is 12.2. The topological polar surface area (TPSA) is 66.4 Å². The molecule has 116 valence electrons. The molecular weight excluding hydrogens is 266 g/mol. The third-order valence-corrected chi connectivity index (χ3v) is 3.79. The molecule has 1 aromatic carbocycles. The lowest BCUT2D eigenvalue weighted by Crippen LogP contribution is -2.41. The zero-order chi connectivity index (χ0) is 15.8. The quantitative estimate of drug-likeness (QED) is 0.774. The van der Waals surface area contributed by atoms with Gasteiger partial charge in [0.05, 0.1) is 0 Å². The summed E-state index contributed by atoms with van der Waals surface area (Å²) in [6, 6.07) is 9.68. The van der Waals surface area contributed by atoms with E-state index >= 15 is 0 Å². The summed E-state index contributed by atoms with van der Waals surface area (Å²) in [5, 5.41) is 11.8. The molecule has 1 rings (SSSR count). The van der Waals surface area contributed by atoms with Crippen molar-refractivity contribution in [2.24, 2.45) is 11.8 Å². The van der Waals surface area contributed by atoms with Crippen LogP contribution in [-0.2, 0) is 16.0 Å². The van der Waals surface area contributed by atoms with Gasteiger partial charge in [-0.15, -0.1) is 0 Å². The predicted octanol–water partition coefficient (Wildman–Crippen LogP) is 2.87. The van der Waals surface area contributed by atoms with Gasteiger partial charge in [0.1, 0.15) is 0 Å². The van der Waals surface area contributed by atoms with Crippen LogP contribution in [0.2, 0.25) is 0 Å². The number of nitrogens with one attached hydrogen (secondary N) is 1. The third kappa shape index (κ3) is 6.43. The second-order valence-electron chi connectivity index (χ2n) is 5.86. The van der Waals surface area contributed by atoms with E-state index in [9.17, 15) is 9.59 Å². The molecular formula is C17H25NO3. The maximum absolute atomic E-state index is 12.2. The lowest BCUT2D eigenvalue weighted by molar-refractivity contribution is -0.137. The van der Waals surface area contributed by atoms with E-state index < -0.39 is 5.97 Å². The van der Waals surface area contributed by atoms with Gasteiger partial charge in [0.2, 0.25) is 5.91 Å². The molecule has 4 nitrogen and oxygen atoms in total. The van der Waals surface area contributed by atoms with Crippen LogP contribution in [0.5, 0.6) is 0 Å². The number of carboxylic acids is 1. The molecule has 0 radical (unpaired) electrons. The van der Waals surface area contributed by atoms with Gasteiger partial charge < -0.3 is 10.4 Å². The summed E-state index contributed by atoms with van der Waals surface area (Å²) in [5.74, 6) is -0.648. The van der Waals surface area contributed by atoms with Crippen molar-refractivity contribution in [3.8, 4) is 0 Å². The van der Waals surface area contributed by atoms with Crippen molar-refractivity contribution < 1.29 is 14.7 Å². The summed E-state index contributed by atoms with van der Waals surface area (Å²) < 4.78 is 0. The number of benzene rings is 1. The summed E-state index contributed by atoms with van der Waals surface area (Å²) in [4.78, 5) is 22.9. The van der Waals surface area contributed by atoms with E-state index in [1.165, 1.54) is 0 Å². The molecule has 0 saturated heterocycles. The van der Waals surface area contributed by atoms with Gasteiger partial charge in [-0.2, -0.15) is 0 Å². The number of amides is 1. The van der Waals surface area contributed by atoms with E-state index in [4.69, 9.17) is 5.11 Å². The smallest absolute Gasteiger partial charge is 0.303 e. The van der Waals surface area contributed by atoms with E-state index in [0.29, 0.717) is 12.8 Å². The minimum Gasteiger partial charge on any atom is -0.481 e. The van der Waals surface area contributed by atoms with Crippen molar-refractivity contribution in [2.45, 2.75) is 46.1 Å². The molecule has 0 aromatic heterocycles. The number of hydrogen-bond acceptors (Lipinski definition) is 2. The highest BCUT2D eigenvalue weighted by molar-refractivity contribution is 5.79. The van der Waals surface area contributed by atoms with Crippen molar-refractivity contribution in [1.82, 2.24) is 5.32 Å². The highest BCUT2D eigenvalue weighted by Crippen LogP contribution is 2.13. The van der Waals surface area contributed by atoms with Crippen LogP contribution in [0.4, 0.5) is 0 Å². The molecule has 0 aliphatic heterocycles. The number of rotatable bonds is 8. The van der Waals surface area contributed by atoms with Crippen LogP contribution in [-0.4, -0.2) is 23.0 Å². The summed E-state index contributed by atoms with van der Waals surface area (Å²) in [6.45, 7) is 5.91. The Morgan fingerprint density at radius 1 is 1.14 bits per heavy atom. The van der Waals surface area contributed by atoms with Crippen LogP contribution >= 0.6 is 0 Å². The fourth-order valence-corrected chi connectivity index (χ4v) is 2.06. The van der Waals surface area contributed by atoms with Crippen LogP contribution in [0.1, 0.15) is 39.2 Å². The second kappa shape index (κ2) is 8.45. The average Bonchev–Trinajstić information content (AvgIpc) is 2.44. The predicted molar refractivity (Wildman–Crippen MR) is 82.9 cm³/mol. The normalized spacial score (nSPS) is 13.7. The molecule has 0 fully saturated rings. The molecule has 0 heterocycles. The highest BCUT2D eigenvalue weighted by atomic mass is 16.4. The van der Waals surface area contributed by atoms with Gasteiger partial charge in [-0.1, -0.05) is 51.1 Å². The highest BCUT2D eigenvalue weighted by Gasteiger charge is 2.20. The zero-order valence-corrected chi connectivity index (χ0v) is 13.0. The Morgan fingerprint density at radius 2 is 1.76 bits per heavy atom. The first kappa shape index (κ1) is 17.2. The minimum atomic E-state index is -0.834. The molecule has 21 heavy (non-hydrogen) atoms. The minimum absolute atomic E-state index is 0.00341. The van der Waals surface area contributed by atoms with Crippen LogP contribution in [0, 0.1) is 11.8 Å². The summed E-state index contributed by atoms with van der Waals surface area (Å²) in [5.41, 5.74) is 1.10. The van der Waals surface area contributed by atoms with Crippen molar-refractivity contribution in [3.63, 3.8) is 0 Å². The molecule has 2 N–H and O–H groups in total. The Bertz CT molecular complexity index is 456. The SMILES string of the molecule is CC(C)C(C)C(=O)NC(CCC(=O)O)Cc1ccccc1. The Hall–Kier alpha value is -1.84. The lowest BCUT2D eigenvalue weighted by atomic mass is 9.95. The van der Waals surface area contributed by atoms with E-state index in [2.05, 4.69) is 5.32 Å². The fraction of sp³-hybridized carbons (Fsp3) is 0.529. The Labute approximate surface area is 126 Å². The first-order valence-electron chi connectivity index (χ1n) is 7.46. The molecule has 0 saturated carbocycles. The van der Waals surface area contributed by atoms with E-state index in [1.54, 1.807) is 0 Å². The summed E-state index contributed by atoms with van der Waals surface area (Å²) in [6.07, 6.45) is 1.17. The monoisotopic (exact) mass is 291 g/mol. The van der Waals surface area contributed by atoms with E-state index in [1.807, 2.05) is 51.1 Å². The van der Waals surface area contributed by atoms with Gasteiger partial charge in [-0.3, -0.25) is 9.59 Å². The first-order valence-corrected chi connectivity index (χ1v) is 7.46. The van der Waals surface area contributed by atoms with Crippen LogP contribution in [0.15, 0.2) is 30.3 Å². The third-order valence-electron chi connectivity index (χ3n) is 3.79. The molecule has 1 amide bonds. The van der Waals surface area contributed by atoms with Gasteiger partial charge >= 0.3 is 5.97 Å². The molecule has 1 aromatic rings. The first-order chi connectivity index (χ1) is 9.90. The standard InChI is InChI=1S/C17H25NO3/c1-12(2)13(3)17(21)18-15(9-10-16(19)20)11-14-7-5-4-6-8-14/h4-8,12-13,15H,9-11H2,1-3H3,(H,18,21)(H,19,20). The van der Waals surface area contributed by atoms with Gasteiger partial charge in [0.15, 0.2) is 0 Å². The van der Waals surface area contributed by atoms with Crippen LogP contribution in [0.3, 0.4) is 0 Å². The fourth-order valence-electron chi connectivity index (χ4n) is 2.06. The lowest BCUT2D eigenvalue weighted by Gasteiger charge is -2.22. The second-order valence-corrected chi connectivity index (χ2v) is 5.86. The molecule has 2 unspecified atom stereocenters. The Kier molecular flexibility index (Phi) is 6.92. The van der Waals surface area contributed by atoms with Crippen molar-refractivity contribution in [1.29, 1.82) is 0 Å². The molecule has 4 heteroatoms. The number of carbonyl (C=O) groups is 2.